The Balaban J connectivity index is 2.03. The van der Waals surface area contributed by atoms with E-state index in [1.54, 1.807) is 0 Å². The van der Waals surface area contributed by atoms with Gasteiger partial charge in [0.15, 0.2) is 0 Å². The number of likely N-dealkylation sites (tertiary alicyclic amines) is 1. The number of halogens is 1. The number of rotatable bonds is 5. The second-order valence-electron chi connectivity index (χ2n) is 5.27. The number of benzene rings is 1. The van der Waals surface area contributed by atoms with Gasteiger partial charge in [0.1, 0.15) is 0 Å². The highest BCUT2D eigenvalue weighted by Crippen LogP contribution is 2.27. The smallest absolute Gasteiger partial charge is 0.0589 e. The van der Waals surface area contributed by atoms with Crippen molar-refractivity contribution in [3.05, 3.63) is 35.9 Å². The second-order valence-corrected chi connectivity index (χ2v) is 5.92. The van der Waals surface area contributed by atoms with Crippen LogP contribution in [0.4, 0.5) is 0 Å². The predicted octanol–water partition coefficient (Wildman–Crippen LogP) is 2.87. The molecule has 1 aliphatic rings. The summed E-state index contributed by atoms with van der Waals surface area (Å²) in [5, 5.41) is 10.5. The molecule has 1 aliphatic heterocycles. The molecule has 0 radical (unpaired) electrons. The van der Waals surface area contributed by atoms with E-state index < -0.39 is 0 Å². The summed E-state index contributed by atoms with van der Waals surface area (Å²) in [7, 11) is 0. The highest BCUT2D eigenvalue weighted by molar-refractivity contribution is 9.09. The van der Waals surface area contributed by atoms with Gasteiger partial charge in [0.2, 0.25) is 0 Å². The number of hydrogen-bond acceptors (Lipinski definition) is 2. The SMILES string of the molecule is CC1CCN(CC(CBr)c2ccccc2)C1CO. The quantitative estimate of drug-likeness (QED) is 0.845. The van der Waals surface area contributed by atoms with Crippen LogP contribution in [0, 0.1) is 5.92 Å². The van der Waals surface area contributed by atoms with Gasteiger partial charge in [-0.1, -0.05) is 53.2 Å². The van der Waals surface area contributed by atoms with Crippen molar-refractivity contribution in [1.82, 2.24) is 4.90 Å². The first-order valence-corrected chi connectivity index (χ1v) is 7.84. The highest BCUT2D eigenvalue weighted by Gasteiger charge is 2.31. The average molecular weight is 312 g/mol. The van der Waals surface area contributed by atoms with Gasteiger partial charge in [-0.2, -0.15) is 0 Å². The van der Waals surface area contributed by atoms with Gasteiger partial charge in [-0.15, -0.1) is 0 Å². The third-order valence-electron chi connectivity index (χ3n) is 4.10. The summed E-state index contributed by atoms with van der Waals surface area (Å²) in [5.74, 6) is 1.12. The van der Waals surface area contributed by atoms with E-state index in [-0.39, 0.29) is 6.61 Å². The number of aliphatic hydroxyl groups excluding tert-OH is 1. The summed E-state index contributed by atoms with van der Waals surface area (Å²) >= 11 is 3.63. The maximum atomic E-state index is 9.51. The molecule has 0 saturated carbocycles. The molecule has 100 valence electrons. The minimum absolute atomic E-state index is 0.283. The number of hydrogen-bond donors (Lipinski definition) is 1. The van der Waals surface area contributed by atoms with E-state index in [9.17, 15) is 5.11 Å². The first kappa shape index (κ1) is 14.0. The van der Waals surface area contributed by atoms with Crippen molar-refractivity contribution in [2.24, 2.45) is 5.92 Å². The van der Waals surface area contributed by atoms with Crippen LogP contribution in [0.3, 0.4) is 0 Å². The van der Waals surface area contributed by atoms with Gasteiger partial charge >= 0.3 is 0 Å². The summed E-state index contributed by atoms with van der Waals surface area (Å²) in [5.41, 5.74) is 1.38. The Kier molecular flexibility index (Phi) is 5.22. The molecule has 1 fully saturated rings. The van der Waals surface area contributed by atoms with E-state index in [1.165, 1.54) is 12.0 Å². The van der Waals surface area contributed by atoms with Crippen molar-refractivity contribution in [2.75, 3.05) is 25.0 Å². The fourth-order valence-corrected chi connectivity index (χ4v) is 3.44. The van der Waals surface area contributed by atoms with Crippen LogP contribution in [0.25, 0.3) is 0 Å². The third-order valence-corrected chi connectivity index (χ3v) is 4.88. The molecule has 0 bridgehead atoms. The number of aliphatic hydroxyl groups is 1. The van der Waals surface area contributed by atoms with Gasteiger partial charge in [0.25, 0.3) is 0 Å². The zero-order valence-electron chi connectivity index (χ0n) is 10.9. The molecule has 1 aromatic carbocycles. The summed E-state index contributed by atoms with van der Waals surface area (Å²) in [4.78, 5) is 2.45. The molecule has 3 atom stereocenters. The maximum Gasteiger partial charge on any atom is 0.0589 e. The molecule has 18 heavy (non-hydrogen) atoms. The summed E-state index contributed by atoms with van der Waals surface area (Å²) in [6.07, 6.45) is 1.20. The molecule has 1 heterocycles. The molecule has 2 rings (SSSR count). The van der Waals surface area contributed by atoms with Crippen molar-refractivity contribution in [2.45, 2.75) is 25.3 Å². The summed E-state index contributed by atoms with van der Waals surface area (Å²) < 4.78 is 0. The molecule has 1 N–H and O–H groups in total. The predicted molar refractivity (Wildman–Crippen MR) is 79.2 cm³/mol. The Labute approximate surface area is 118 Å². The minimum atomic E-state index is 0.283. The first-order valence-electron chi connectivity index (χ1n) is 6.72. The Morgan fingerprint density at radius 1 is 1.39 bits per heavy atom. The van der Waals surface area contributed by atoms with Gasteiger partial charge in [0.05, 0.1) is 6.61 Å². The Morgan fingerprint density at radius 2 is 2.11 bits per heavy atom. The van der Waals surface area contributed by atoms with E-state index in [2.05, 4.69) is 58.1 Å². The Morgan fingerprint density at radius 3 is 2.72 bits per heavy atom. The lowest BCUT2D eigenvalue weighted by atomic mass is 9.99. The average Bonchev–Trinajstić information content (AvgIpc) is 2.77. The largest absolute Gasteiger partial charge is 0.395 e. The van der Waals surface area contributed by atoms with E-state index in [0.717, 1.165) is 18.4 Å². The molecule has 2 nitrogen and oxygen atoms in total. The van der Waals surface area contributed by atoms with Gasteiger partial charge in [-0.05, 0) is 24.4 Å². The van der Waals surface area contributed by atoms with Crippen molar-refractivity contribution in [1.29, 1.82) is 0 Å². The lowest BCUT2D eigenvalue weighted by Gasteiger charge is -2.28. The van der Waals surface area contributed by atoms with Gasteiger partial charge < -0.3 is 5.11 Å². The van der Waals surface area contributed by atoms with Crippen molar-refractivity contribution in [3.63, 3.8) is 0 Å². The molecule has 0 spiro atoms. The Bertz CT molecular complexity index is 357. The van der Waals surface area contributed by atoms with E-state index in [1.807, 2.05) is 0 Å². The van der Waals surface area contributed by atoms with Crippen LogP contribution in [0.2, 0.25) is 0 Å². The standard InChI is InChI=1S/C15H22BrNO/c1-12-7-8-17(15(12)11-18)10-14(9-16)13-5-3-2-4-6-13/h2-6,12,14-15,18H,7-11H2,1H3. The molecule has 0 aromatic heterocycles. The number of nitrogens with zero attached hydrogens (tertiary/aromatic N) is 1. The number of alkyl halides is 1. The fraction of sp³-hybridized carbons (Fsp3) is 0.600. The van der Waals surface area contributed by atoms with E-state index in [4.69, 9.17) is 0 Å². The first-order chi connectivity index (χ1) is 8.76. The van der Waals surface area contributed by atoms with Gasteiger partial charge in [-0.3, -0.25) is 4.90 Å². The van der Waals surface area contributed by atoms with Crippen LogP contribution in [0.15, 0.2) is 30.3 Å². The van der Waals surface area contributed by atoms with Crippen molar-refractivity contribution < 1.29 is 5.11 Å². The molecule has 3 unspecified atom stereocenters. The van der Waals surface area contributed by atoms with E-state index in [0.29, 0.717) is 17.9 Å². The normalized spacial score (nSPS) is 26.4. The molecular weight excluding hydrogens is 290 g/mol. The molecule has 0 amide bonds. The van der Waals surface area contributed by atoms with Gasteiger partial charge in [-0.25, -0.2) is 0 Å². The minimum Gasteiger partial charge on any atom is -0.395 e. The molecule has 1 saturated heterocycles. The second kappa shape index (κ2) is 6.69. The van der Waals surface area contributed by atoms with Crippen molar-refractivity contribution in [3.8, 4) is 0 Å². The molecular formula is C15H22BrNO. The van der Waals surface area contributed by atoms with Crippen molar-refractivity contribution >= 4 is 15.9 Å². The fourth-order valence-electron chi connectivity index (χ4n) is 2.86. The summed E-state index contributed by atoms with van der Waals surface area (Å²) in [6, 6.07) is 11.0. The molecule has 0 aliphatic carbocycles. The summed E-state index contributed by atoms with van der Waals surface area (Å²) in [6.45, 7) is 4.67. The Hall–Kier alpha value is -0.380. The lowest BCUT2D eigenvalue weighted by Crippen LogP contribution is -2.38. The van der Waals surface area contributed by atoms with Crippen LogP contribution < -0.4 is 0 Å². The van der Waals surface area contributed by atoms with Gasteiger partial charge in [0, 0.05) is 23.8 Å². The van der Waals surface area contributed by atoms with Crippen LogP contribution in [-0.4, -0.2) is 41.1 Å². The highest BCUT2D eigenvalue weighted by atomic mass is 79.9. The molecule has 3 heteroatoms. The van der Waals surface area contributed by atoms with Crippen LogP contribution in [0.5, 0.6) is 0 Å². The lowest BCUT2D eigenvalue weighted by molar-refractivity contribution is 0.135. The zero-order valence-corrected chi connectivity index (χ0v) is 12.5. The van der Waals surface area contributed by atoms with Crippen LogP contribution in [-0.2, 0) is 0 Å². The van der Waals surface area contributed by atoms with Crippen LogP contribution >= 0.6 is 15.9 Å². The monoisotopic (exact) mass is 311 g/mol. The third kappa shape index (κ3) is 3.14. The van der Waals surface area contributed by atoms with Crippen LogP contribution in [0.1, 0.15) is 24.8 Å². The maximum absolute atomic E-state index is 9.51. The zero-order chi connectivity index (χ0) is 13.0. The van der Waals surface area contributed by atoms with E-state index >= 15 is 0 Å². The molecule has 1 aromatic rings. The topological polar surface area (TPSA) is 23.5 Å².